The van der Waals surface area contributed by atoms with E-state index in [4.69, 9.17) is 5.11 Å². The first-order valence-corrected chi connectivity index (χ1v) is 7.29. The van der Waals surface area contributed by atoms with Crippen molar-refractivity contribution in [3.63, 3.8) is 0 Å². The van der Waals surface area contributed by atoms with Gasteiger partial charge in [0, 0.05) is 6.26 Å². The number of hydrogen-bond donors (Lipinski definition) is 2. The van der Waals surface area contributed by atoms with Gasteiger partial charge in [-0.2, -0.15) is 0 Å². The number of carboxylic acid groups (broad SMARTS) is 1. The first-order valence-electron chi connectivity index (χ1n) is 5.40. The first-order chi connectivity index (χ1) is 8.19. The molecule has 1 unspecified atom stereocenters. The van der Waals surface area contributed by atoms with Crippen molar-refractivity contribution in [2.24, 2.45) is 0 Å². The van der Waals surface area contributed by atoms with E-state index in [1.165, 1.54) is 12.1 Å². The standard InChI is InChI=1S/C12H17NO4S/c1-12(13-2,8-11(14)15)9-4-6-10(7-5-9)18(3,16)17/h4-7,13H,8H2,1-3H3,(H,14,15). The highest BCUT2D eigenvalue weighted by Gasteiger charge is 2.27. The number of aliphatic carboxylic acids is 1. The molecule has 1 atom stereocenters. The summed E-state index contributed by atoms with van der Waals surface area (Å²) in [7, 11) is -1.56. The van der Waals surface area contributed by atoms with Crippen molar-refractivity contribution in [2.75, 3.05) is 13.3 Å². The maximum Gasteiger partial charge on any atom is 0.305 e. The number of nitrogens with one attached hydrogen (secondary N) is 1. The Hall–Kier alpha value is -1.40. The highest BCUT2D eigenvalue weighted by molar-refractivity contribution is 7.90. The van der Waals surface area contributed by atoms with E-state index in [1.54, 1.807) is 26.1 Å². The maximum atomic E-state index is 11.3. The largest absolute Gasteiger partial charge is 0.481 e. The summed E-state index contributed by atoms with van der Waals surface area (Å²) in [6, 6.07) is 6.25. The molecule has 0 saturated heterocycles. The van der Waals surface area contributed by atoms with Gasteiger partial charge in [0.2, 0.25) is 0 Å². The van der Waals surface area contributed by atoms with Gasteiger partial charge in [-0.25, -0.2) is 8.42 Å². The molecule has 18 heavy (non-hydrogen) atoms. The highest BCUT2D eigenvalue weighted by Crippen LogP contribution is 2.25. The van der Waals surface area contributed by atoms with Gasteiger partial charge in [0.15, 0.2) is 9.84 Å². The summed E-state index contributed by atoms with van der Waals surface area (Å²) in [6.45, 7) is 1.76. The van der Waals surface area contributed by atoms with Crippen molar-refractivity contribution in [3.05, 3.63) is 29.8 Å². The number of rotatable bonds is 5. The summed E-state index contributed by atoms with van der Waals surface area (Å²) in [5.41, 5.74) is 0.0156. The molecule has 0 aliphatic heterocycles. The maximum absolute atomic E-state index is 11.3. The molecule has 100 valence electrons. The lowest BCUT2D eigenvalue weighted by Gasteiger charge is -2.28. The molecule has 0 fully saturated rings. The van der Waals surface area contributed by atoms with E-state index >= 15 is 0 Å². The van der Waals surface area contributed by atoms with Crippen LogP contribution < -0.4 is 5.32 Å². The highest BCUT2D eigenvalue weighted by atomic mass is 32.2. The SMILES string of the molecule is CNC(C)(CC(=O)O)c1ccc(S(C)(=O)=O)cc1. The average Bonchev–Trinajstić information content (AvgIpc) is 2.27. The van der Waals surface area contributed by atoms with Gasteiger partial charge in [-0.1, -0.05) is 12.1 Å². The van der Waals surface area contributed by atoms with E-state index in [0.717, 1.165) is 11.8 Å². The molecule has 0 aliphatic carbocycles. The quantitative estimate of drug-likeness (QED) is 0.834. The molecular weight excluding hydrogens is 254 g/mol. The van der Waals surface area contributed by atoms with E-state index in [1.807, 2.05) is 0 Å². The molecule has 6 heteroatoms. The van der Waals surface area contributed by atoms with Gasteiger partial charge in [-0.05, 0) is 31.7 Å². The smallest absolute Gasteiger partial charge is 0.305 e. The second kappa shape index (κ2) is 5.07. The van der Waals surface area contributed by atoms with Crippen LogP contribution in [0.15, 0.2) is 29.2 Å². The summed E-state index contributed by atoms with van der Waals surface area (Å²) in [5, 5.41) is 11.8. The Bertz CT molecular complexity index is 536. The first kappa shape index (κ1) is 14.7. The van der Waals surface area contributed by atoms with Crippen LogP contribution in [0.4, 0.5) is 0 Å². The van der Waals surface area contributed by atoms with Crippen LogP contribution in [0.25, 0.3) is 0 Å². The molecular formula is C12H17NO4S. The third-order valence-corrected chi connectivity index (χ3v) is 4.10. The fourth-order valence-corrected chi connectivity index (χ4v) is 2.34. The molecule has 0 amide bonds. The Morgan fingerprint density at radius 1 is 1.33 bits per heavy atom. The van der Waals surface area contributed by atoms with Crippen molar-refractivity contribution in [3.8, 4) is 0 Å². The lowest BCUT2D eigenvalue weighted by Crippen LogP contribution is -2.38. The number of sulfone groups is 1. The molecule has 2 N–H and O–H groups in total. The predicted molar refractivity (Wildman–Crippen MR) is 68.2 cm³/mol. The molecule has 0 bridgehead atoms. The van der Waals surface area contributed by atoms with Crippen molar-refractivity contribution < 1.29 is 18.3 Å². The van der Waals surface area contributed by atoms with Gasteiger partial charge in [-0.3, -0.25) is 4.79 Å². The Balaban J connectivity index is 3.13. The summed E-state index contributed by atoms with van der Waals surface area (Å²) < 4.78 is 22.7. The van der Waals surface area contributed by atoms with Gasteiger partial charge in [0.1, 0.15) is 0 Å². The fraction of sp³-hybridized carbons (Fsp3) is 0.417. The van der Waals surface area contributed by atoms with Gasteiger partial charge in [-0.15, -0.1) is 0 Å². The number of carboxylic acids is 1. The Morgan fingerprint density at radius 2 is 1.83 bits per heavy atom. The van der Waals surface area contributed by atoms with E-state index in [2.05, 4.69) is 5.32 Å². The van der Waals surface area contributed by atoms with Crippen LogP contribution in [0.1, 0.15) is 18.9 Å². The molecule has 0 radical (unpaired) electrons. The van der Waals surface area contributed by atoms with Crippen molar-refractivity contribution in [2.45, 2.75) is 23.8 Å². The lowest BCUT2D eigenvalue weighted by molar-refractivity contribution is -0.138. The minimum atomic E-state index is -3.23. The molecule has 0 spiro atoms. The summed E-state index contributed by atoms with van der Waals surface area (Å²) in [5.74, 6) is -0.918. The van der Waals surface area contributed by atoms with Gasteiger partial charge in [0.25, 0.3) is 0 Å². The second-order valence-corrected chi connectivity index (χ2v) is 6.46. The zero-order valence-electron chi connectivity index (χ0n) is 10.6. The third-order valence-electron chi connectivity index (χ3n) is 2.98. The van der Waals surface area contributed by atoms with Crippen LogP contribution in [0, 0.1) is 0 Å². The monoisotopic (exact) mass is 271 g/mol. The topological polar surface area (TPSA) is 83.5 Å². The predicted octanol–water partition coefficient (Wildman–Crippen LogP) is 0.999. The number of hydrogen-bond acceptors (Lipinski definition) is 4. The molecule has 0 saturated carbocycles. The zero-order valence-corrected chi connectivity index (χ0v) is 11.4. The summed E-state index contributed by atoms with van der Waals surface area (Å²) in [6.07, 6.45) is 1.05. The molecule has 0 aliphatic rings. The summed E-state index contributed by atoms with van der Waals surface area (Å²) >= 11 is 0. The molecule has 1 aromatic carbocycles. The third kappa shape index (κ3) is 3.30. The minimum absolute atomic E-state index is 0.0816. The Labute approximate surface area is 107 Å². The van der Waals surface area contributed by atoms with Crippen LogP contribution in [0.2, 0.25) is 0 Å². The van der Waals surface area contributed by atoms with E-state index in [0.29, 0.717) is 0 Å². The van der Waals surface area contributed by atoms with E-state index < -0.39 is 21.3 Å². The molecule has 0 aromatic heterocycles. The average molecular weight is 271 g/mol. The molecule has 1 rings (SSSR count). The van der Waals surface area contributed by atoms with Crippen LogP contribution in [0.5, 0.6) is 0 Å². The lowest BCUT2D eigenvalue weighted by atomic mass is 9.89. The van der Waals surface area contributed by atoms with Gasteiger partial charge < -0.3 is 10.4 Å². The molecule has 1 aromatic rings. The van der Waals surface area contributed by atoms with E-state index in [9.17, 15) is 13.2 Å². The van der Waals surface area contributed by atoms with Crippen LogP contribution in [0.3, 0.4) is 0 Å². The van der Waals surface area contributed by atoms with Crippen LogP contribution in [-0.4, -0.2) is 32.8 Å². The van der Waals surface area contributed by atoms with Crippen LogP contribution in [-0.2, 0) is 20.2 Å². The fourth-order valence-electron chi connectivity index (χ4n) is 1.71. The van der Waals surface area contributed by atoms with Crippen molar-refractivity contribution in [1.29, 1.82) is 0 Å². The van der Waals surface area contributed by atoms with Crippen molar-refractivity contribution in [1.82, 2.24) is 5.32 Å². The van der Waals surface area contributed by atoms with Crippen LogP contribution >= 0.6 is 0 Å². The van der Waals surface area contributed by atoms with Gasteiger partial charge >= 0.3 is 5.97 Å². The van der Waals surface area contributed by atoms with Gasteiger partial charge in [0.05, 0.1) is 16.9 Å². The Morgan fingerprint density at radius 3 is 2.17 bits per heavy atom. The minimum Gasteiger partial charge on any atom is -0.481 e. The second-order valence-electron chi connectivity index (χ2n) is 4.45. The summed E-state index contributed by atoms with van der Waals surface area (Å²) in [4.78, 5) is 11.1. The number of benzene rings is 1. The molecule has 0 heterocycles. The normalized spacial score (nSPS) is 15.1. The van der Waals surface area contributed by atoms with E-state index in [-0.39, 0.29) is 11.3 Å². The molecule has 5 nitrogen and oxygen atoms in total. The number of carbonyl (C=O) groups is 1. The van der Waals surface area contributed by atoms with Crippen molar-refractivity contribution >= 4 is 15.8 Å². The zero-order chi connectivity index (χ0) is 14.0. The Kier molecular flexibility index (Phi) is 4.13.